The zero-order valence-corrected chi connectivity index (χ0v) is 11.9. The summed E-state index contributed by atoms with van der Waals surface area (Å²) in [4.78, 5) is 11.8. The molecule has 4 nitrogen and oxygen atoms in total. The molecule has 21 heavy (non-hydrogen) atoms. The lowest BCUT2D eigenvalue weighted by molar-refractivity contribution is -0.114. The second kappa shape index (κ2) is 6.74. The summed E-state index contributed by atoms with van der Waals surface area (Å²) < 4.78 is 18.6. The van der Waals surface area contributed by atoms with Gasteiger partial charge in [0.2, 0.25) is 5.91 Å². The Bertz CT molecular complexity index is 627. The molecule has 0 aliphatic carbocycles. The van der Waals surface area contributed by atoms with Crippen LogP contribution in [0.2, 0.25) is 0 Å². The highest BCUT2D eigenvalue weighted by molar-refractivity contribution is 5.93. The third kappa shape index (κ3) is 4.21. The van der Waals surface area contributed by atoms with E-state index in [1.54, 1.807) is 43.5 Å². The number of ether oxygens (including phenoxy) is 1. The highest BCUT2D eigenvalue weighted by atomic mass is 19.1. The number of nitrogens with one attached hydrogen (secondary N) is 2. The maximum Gasteiger partial charge on any atom is 0.243 e. The van der Waals surface area contributed by atoms with Crippen LogP contribution < -0.4 is 15.4 Å². The first-order valence-corrected chi connectivity index (χ1v) is 6.52. The van der Waals surface area contributed by atoms with Crippen molar-refractivity contribution in [2.75, 3.05) is 24.3 Å². The molecule has 0 atom stereocenters. The van der Waals surface area contributed by atoms with Crippen molar-refractivity contribution in [2.24, 2.45) is 0 Å². The van der Waals surface area contributed by atoms with Crippen LogP contribution in [0.25, 0.3) is 0 Å². The first kappa shape index (κ1) is 14.8. The fraction of sp³-hybridized carbons (Fsp3) is 0.188. The second-order valence-electron chi connectivity index (χ2n) is 4.61. The van der Waals surface area contributed by atoms with Crippen molar-refractivity contribution in [3.63, 3.8) is 0 Å². The average Bonchev–Trinajstić information content (AvgIpc) is 2.47. The van der Waals surface area contributed by atoms with E-state index in [1.165, 1.54) is 6.07 Å². The van der Waals surface area contributed by atoms with Crippen LogP contribution in [0.1, 0.15) is 5.56 Å². The molecule has 0 unspecified atom stereocenters. The van der Waals surface area contributed by atoms with Gasteiger partial charge >= 0.3 is 0 Å². The van der Waals surface area contributed by atoms with Gasteiger partial charge in [0.1, 0.15) is 11.6 Å². The Morgan fingerprint density at radius 1 is 1.19 bits per heavy atom. The molecule has 0 saturated carbocycles. The predicted octanol–water partition coefficient (Wildman–Crippen LogP) is 3.19. The molecule has 0 saturated heterocycles. The molecule has 5 heteroatoms. The first-order chi connectivity index (χ1) is 10.1. The zero-order valence-electron chi connectivity index (χ0n) is 11.9. The molecule has 0 bridgehead atoms. The lowest BCUT2D eigenvalue weighted by atomic mass is 10.2. The molecule has 0 spiro atoms. The number of amides is 1. The Morgan fingerprint density at radius 3 is 2.52 bits per heavy atom. The second-order valence-corrected chi connectivity index (χ2v) is 4.61. The fourth-order valence-electron chi connectivity index (χ4n) is 1.82. The average molecular weight is 288 g/mol. The summed E-state index contributed by atoms with van der Waals surface area (Å²) in [7, 11) is 1.58. The van der Waals surface area contributed by atoms with Crippen molar-refractivity contribution in [2.45, 2.75) is 6.92 Å². The summed E-state index contributed by atoms with van der Waals surface area (Å²) in [6, 6.07) is 11.8. The number of carbonyl (C=O) groups is 1. The number of aryl methyl sites for hydroxylation is 1. The van der Waals surface area contributed by atoms with Gasteiger partial charge in [-0.15, -0.1) is 0 Å². The summed E-state index contributed by atoms with van der Waals surface area (Å²) in [5.41, 5.74) is 1.80. The molecule has 110 valence electrons. The topological polar surface area (TPSA) is 50.4 Å². The number of carbonyl (C=O) groups excluding carboxylic acids is 1. The molecule has 0 radical (unpaired) electrons. The maximum atomic E-state index is 13.6. The van der Waals surface area contributed by atoms with E-state index < -0.39 is 0 Å². The molecule has 1 amide bonds. The predicted molar refractivity (Wildman–Crippen MR) is 81.3 cm³/mol. The Morgan fingerprint density at radius 2 is 1.90 bits per heavy atom. The summed E-state index contributed by atoms with van der Waals surface area (Å²) in [6.07, 6.45) is 0. The van der Waals surface area contributed by atoms with Gasteiger partial charge in [-0.25, -0.2) is 4.39 Å². The molecule has 2 aromatic rings. The normalized spacial score (nSPS) is 10.0. The number of methoxy groups -OCH3 is 1. The van der Waals surface area contributed by atoms with Crippen LogP contribution in [0.5, 0.6) is 5.75 Å². The van der Waals surface area contributed by atoms with Crippen molar-refractivity contribution in [1.82, 2.24) is 0 Å². The van der Waals surface area contributed by atoms with Gasteiger partial charge in [0.05, 0.1) is 19.3 Å². The van der Waals surface area contributed by atoms with Gasteiger partial charge < -0.3 is 15.4 Å². The van der Waals surface area contributed by atoms with E-state index >= 15 is 0 Å². The fourth-order valence-corrected chi connectivity index (χ4v) is 1.82. The molecule has 0 fully saturated rings. The van der Waals surface area contributed by atoms with E-state index in [0.717, 1.165) is 5.56 Å². The SMILES string of the molecule is COc1ccc(NC(=O)CNc2ccc(C)cc2F)cc1. The first-order valence-electron chi connectivity index (χ1n) is 6.52. The molecule has 2 N–H and O–H groups in total. The van der Waals surface area contributed by atoms with Gasteiger partial charge in [-0.2, -0.15) is 0 Å². The minimum atomic E-state index is -0.368. The summed E-state index contributed by atoms with van der Waals surface area (Å²) in [6.45, 7) is 1.80. The number of benzene rings is 2. The third-order valence-electron chi connectivity index (χ3n) is 2.94. The van der Waals surface area contributed by atoms with E-state index in [0.29, 0.717) is 17.1 Å². The van der Waals surface area contributed by atoms with E-state index in [-0.39, 0.29) is 18.3 Å². The van der Waals surface area contributed by atoms with Gasteiger partial charge in [-0.1, -0.05) is 6.07 Å². The molecule has 0 heterocycles. The highest BCUT2D eigenvalue weighted by Gasteiger charge is 2.05. The number of rotatable bonds is 5. The Hall–Kier alpha value is -2.56. The standard InChI is InChI=1S/C16H17FN2O2/c1-11-3-8-15(14(17)9-11)18-10-16(20)19-12-4-6-13(21-2)7-5-12/h3-9,18H,10H2,1-2H3,(H,19,20). The minimum Gasteiger partial charge on any atom is -0.497 e. The Kier molecular flexibility index (Phi) is 4.77. The van der Waals surface area contributed by atoms with Crippen LogP contribution in [0, 0.1) is 12.7 Å². The third-order valence-corrected chi connectivity index (χ3v) is 2.94. The summed E-state index contributed by atoms with van der Waals surface area (Å²) >= 11 is 0. The van der Waals surface area contributed by atoms with Crippen LogP contribution in [0.4, 0.5) is 15.8 Å². The van der Waals surface area contributed by atoms with Crippen molar-refractivity contribution in [3.05, 3.63) is 53.8 Å². The van der Waals surface area contributed by atoms with Gasteiger partial charge in [-0.3, -0.25) is 4.79 Å². The lowest BCUT2D eigenvalue weighted by Crippen LogP contribution is -2.22. The number of anilines is 2. The van der Waals surface area contributed by atoms with E-state index in [9.17, 15) is 9.18 Å². The van der Waals surface area contributed by atoms with Crippen molar-refractivity contribution < 1.29 is 13.9 Å². The molecule has 0 aliphatic heterocycles. The van der Waals surface area contributed by atoms with E-state index in [2.05, 4.69) is 10.6 Å². The number of hydrogen-bond acceptors (Lipinski definition) is 3. The molecular weight excluding hydrogens is 271 g/mol. The quantitative estimate of drug-likeness (QED) is 0.888. The van der Waals surface area contributed by atoms with Crippen LogP contribution in [0.3, 0.4) is 0 Å². The zero-order chi connectivity index (χ0) is 15.2. The number of hydrogen-bond donors (Lipinski definition) is 2. The highest BCUT2D eigenvalue weighted by Crippen LogP contribution is 2.16. The van der Waals surface area contributed by atoms with Gasteiger partial charge in [-0.05, 0) is 48.9 Å². The van der Waals surface area contributed by atoms with Gasteiger partial charge in [0.25, 0.3) is 0 Å². The van der Waals surface area contributed by atoms with Gasteiger partial charge in [0.15, 0.2) is 0 Å². The van der Waals surface area contributed by atoms with E-state index in [1.807, 2.05) is 6.92 Å². The molecule has 2 aromatic carbocycles. The van der Waals surface area contributed by atoms with Crippen LogP contribution in [-0.4, -0.2) is 19.6 Å². The van der Waals surface area contributed by atoms with Gasteiger partial charge in [0, 0.05) is 5.69 Å². The van der Waals surface area contributed by atoms with Crippen molar-refractivity contribution in [1.29, 1.82) is 0 Å². The summed E-state index contributed by atoms with van der Waals surface area (Å²) in [5, 5.41) is 5.49. The lowest BCUT2D eigenvalue weighted by Gasteiger charge is -2.09. The maximum absolute atomic E-state index is 13.6. The summed E-state index contributed by atoms with van der Waals surface area (Å²) in [5.74, 6) is 0.0974. The molecular formula is C16H17FN2O2. The Labute approximate surface area is 122 Å². The smallest absolute Gasteiger partial charge is 0.243 e. The molecule has 0 aliphatic rings. The largest absolute Gasteiger partial charge is 0.497 e. The van der Waals surface area contributed by atoms with Crippen LogP contribution in [-0.2, 0) is 4.79 Å². The monoisotopic (exact) mass is 288 g/mol. The number of halogens is 1. The van der Waals surface area contributed by atoms with Crippen LogP contribution >= 0.6 is 0 Å². The van der Waals surface area contributed by atoms with Crippen molar-refractivity contribution >= 4 is 17.3 Å². The Balaban J connectivity index is 1.89. The van der Waals surface area contributed by atoms with Crippen LogP contribution in [0.15, 0.2) is 42.5 Å². The molecule has 0 aromatic heterocycles. The van der Waals surface area contributed by atoms with Crippen molar-refractivity contribution in [3.8, 4) is 5.75 Å². The van der Waals surface area contributed by atoms with E-state index in [4.69, 9.17) is 4.74 Å². The minimum absolute atomic E-state index is 0.00793. The molecule has 2 rings (SSSR count).